The maximum absolute atomic E-state index is 12.7. The van der Waals surface area contributed by atoms with Gasteiger partial charge < -0.3 is 4.74 Å². The van der Waals surface area contributed by atoms with Crippen molar-refractivity contribution in [3.05, 3.63) is 82.3 Å². The Morgan fingerprint density at radius 1 is 1.00 bits per heavy atom. The molecule has 1 fully saturated rings. The van der Waals surface area contributed by atoms with Gasteiger partial charge in [0.1, 0.15) is 5.75 Å². The first-order valence-corrected chi connectivity index (χ1v) is 13.5. The van der Waals surface area contributed by atoms with Gasteiger partial charge in [-0.15, -0.1) is 4.83 Å². The first kappa shape index (κ1) is 25.5. The molecule has 0 aromatic heterocycles. The minimum atomic E-state index is -3.73. The Hall–Kier alpha value is -2.60. The van der Waals surface area contributed by atoms with Crippen LogP contribution in [0.25, 0.3) is 11.1 Å². The highest BCUT2D eigenvalue weighted by Crippen LogP contribution is 2.26. The summed E-state index contributed by atoms with van der Waals surface area (Å²) in [5, 5.41) is 11.2. The number of hydrogen-bond donors (Lipinski definition) is 1. The summed E-state index contributed by atoms with van der Waals surface area (Å²) in [5.41, 5.74) is 2.76. The lowest BCUT2D eigenvalue weighted by Gasteiger charge is -2.18. The quantitative estimate of drug-likeness (QED) is 0.348. The van der Waals surface area contributed by atoms with Crippen LogP contribution in [0.5, 0.6) is 5.75 Å². The summed E-state index contributed by atoms with van der Waals surface area (Å²) in [4.78, 5) is 2.69. The molecule has 35 heavy (non-hydrogen) atoms. The zero-order valence-electron chi connectivity index (χ0n) is 19.0. The molecule has 0 saturated carbocycles. The maximum Gasteiger partial charge on any atom is 0.253 e. The topological polar surface area (TPSA) is 82.4 Å². The molecule has 182 valence electrons. The zero-order valence-corrected chi connectivity index (χ0v) is 21.3. The van der Waals surface area contributed by atoms with Crippen LogP contribution >= 0.6 is 23.2 Å². The fourth-order valence-electron chi connectivity index (χ4n) is 4.10. The summed E-state index contributed by atoms with van der Waals surface area (Å²) in [6.45, 7) is 1.89. The van der Waals surface area contributed by atoms with E-state index in [9.17, 15) is 8.42 Å². The molecule has 0 unspecified atom stereocenters. The van der Waals surface area contributed by atoms with Gasteiger partial charge in [-0.2, -0.15) is 5.26 Å². The largest absolute Gasteiger partial charge is 0.494 e. The van der Waals surface area contributed by atoms with Crippen LogP contribution in [-0.4, -0.2) is 33.1 Å². The highest BCUT2D eigenvalue weighted by Gasteiger charge is 2.26. The Morgan fingerprint density at radius 2 is 1.63 bits per heavy atom. The van der Waals surface area contributed by atoms with Gasteiger partial charge in [0.05, 0.1) is 23.1 Å². The minimum Gasteiger partial charge on any atom is -0.494 e. The predicted molar refractivity (Wildman–Crippen MR) is 138 cm³/mol. The number of rotatable bonds is 9. The number of hydrogen-bond acceptors (Lipinski definition) is 5. The molecule has 4 rings (SSSR count). The number of benzene rings is 3. The highest BCUT2D eigenvalue weighted by molar-refractivity contribution is 7.89. The number of halogens is 2. The van der Waals surface area contributed by atoms with E-state index in [1.54, 1.807) is 5.01 Å². The molecular formula is C26H25Cl2N3O3S. The molecule has 0 spiro atoms. The number of hydrazine groups is 1. The molecule has 0 amide bonds. The van der Waals surface area contributed by atoms with Crippen molar-refractivity contribution in [1.29, 1.82) is 5.26 Å². The summed E-state index contributed by atoms with van der Waals surface area (Å²) < 4.78 is 31.2. The molecule has 9 heteroatoms. The lowest BCUT2D eigenvalue weighted by atomic mass is 10.0. The van der Waals surface area contributed by atoms with Crippen molar-refractivity contribution < 1.29 is 13.2 Å². The van der Waals surface area contributed by atoms with E-state index in [0.29, 0.717) is 31.2 Å². The fourth-order valence-corrected chi connectivity index (χ4v) is 5.93. The molecule has 1 aliphatic rings. The van der Waals surface area contributed by atoms with Crippen molar-refractivity contribution in [2.45, 2.75) is 24.2 Å². The van der Waals surface area contributed by atoms with Crippen LogP contribution in [-0.2, 0) is 10.0 Å². The third kappa shape index (κ3) is 6.97. The monoisotopic (exact) mass is 529 g/mol. The maximum atomic E-state index is 12.7. The second-order valence-corrected chi connectivity index (χ2v) is 11.0. The van der Waals surface area contributed by atoms with Crippen molar-refractivity contribution in [1.82, 2.24) is 9.84 Å². The summed E-state index contributed by atoms with van der Waals surface area (Å²) in [7, 11) is -3.73. The van der Waals surface area contributed by atoms with E-state index in [0.717, 1.165) is 36.1 Å². The van der Waals surface area contributed by atoms with Crippen LogP contribution in [0.1, 0.15) is 24.8 Å². The molecule has 1 heterocycles. The number of nitrogens with one attached hydrogen (secondary N) is 1. The molecule has 1 N–H and O–H groups in total. The second-order valence-electron chi connectivity index (χ2n) is 8.50. The van der Waals surface area contributed by atoms with E-state index in [1.165, 1.54) is 18.2 Å². The molecule has 1 atom stereocenters. The molecule has 0 aliphatic carbocycles. The first-order chi connectivity index (χ1) is 16.8. The van der Waals surface area contributed by atoms with Gasteiger partial charge in [0.25, 0.3) is 10.0 Å². The average molecular weight is 530 g/mol. The van der Waals surface area contributed by atoms with Crippen molar-refractivity contribution in [3.8, 4) is 22.9 Å². The summed E-state index contributed by atoms with van der Waals surface area (Å²) in [6, 6.07) is 21.8. The predicted octanol–water partition coefficient (Wildman–Crippen LogP) is 5.91. The Morgan fingerprint density at radius 3 is 2.26 bits per heavy atom. The van der Waals surface area contributed by atoms with Gasteiger partial charge in [-0.25, -0.2) is 13.4 Å². The van der Waals surface area contributed by atoms with E-state index in [2.05, 4.69) is 10.9 Å². The van der Waals surface area contributed by atoms with E-state index in [1.807, 2.05) is 48.5 Å². The minimum absolute atomic E-state index is 0.0528. The third-order valence-electron chi connectivity index (χ3n) is 5.91. The van der Waals surface area contributed by atoms with Gasteiger partial charge in [0.15, 0.2) is 0 Å². The van der Waals surface area contributed by atoms with Gasteiger partial charge in [-0.3, -0.25) is 0 Å². The van der Waals surface area contributed by atoms with Crippen LogP contribution in [0.3, 0.4) is 0 Å². The number of nitrogens with zero attached hydrogens (tertiary/aromatic N) is 2. The standard InChI is InChI=1S/C26H25Cl2N3O3S/c27-23-14-24(28)16-26(15-23)35(32,33)30-31-12-11-20(18-31)2-1-13-34-25-9-7-22(8-10-25)21-5-3-19(17-29)4-6-21/h3-10,14-16,20,30H,1-2,11-13,18H2/t20-/m1/s1. The molecule has 6 nitrogen and oxygen atoms in total. The van der Waals surface area contributed by atoms with Crippen molar-refractivity contribution in [2.75, 3.05) is 19.7 Å². The van der Waals surface area contributed by atoms with Crippen LogP contribution in [0.4, 0.5) is 0 Å². The van der Waals surface area contributed by atoms with Crippen LogP contribution in [0, 0.1) is 17.2 Å². The van der Waals surface area contributed by atoms with Crippen molar-refractivity contribution in [3.63, 3.8) is 0 Å². The smallest absolute Gasteiger partial charge is 0.253 e. The summed E-state index contributed by atoms with van der Waals surface area (Å²) in [5.74, 6) is 1.20. The zero-order chi connectivity index (χ0) is 24.8. The lowest BCUT2D eigenvalue weighted by molar-refractivity contribution is 0.269. The summed E-state index contributed by atoms with van der Waals surface area (Å²) >= 11 is 11.9. The van der Waals surface area contributed by atoms with E-state index in [-0.39, 0.29) is 14.9 Å². The van der Waals surface area contributed by atoms with Gasteiger partial charge in [0, 0.05) is 23.1 Å². The van der Waals surface area contributed by atoms with Gasteiger partial charge >= 0.3 is 0 Å². The fraction of sp³-hybridized carbons (Fsp3) is 0.269. The Bertz CT molecular complexity index is 1290. The summed E-state index contributed by atoms with van der Waals surface area (Å²) in [6.07, 6.45) is 2.75. The Balaban J connectivity index is 1.20. The van der Waals surface area contributed by atoms with E-state index < -0.39 is 10.0 Å². The number of nitriles is 1. The normalized spacial score (nSPS) is 16.2. The highest BCUT2D eigenvalue weighted by atomic mass is 35.5. The van der Waals surface area contributed by atoms with Crippen molar-refractivity contribution >= 4 is 33.2 Å². The van der Waals surface area contributed by atoms with E-state index >= 15 is 0 Å². The average Bonchev–Trinajstić information content (AvgIpc) is 3.28. The molecule has 0 bridgehead atoms. The van der Waals surface area contributed by atoms with Crippen molar-refractivity contribution in [2.24, 2.45) is 5.92 Å². The molecule has 1 saturated heterocycles. The third-order valence-corrected chi connectivity index (χ3v) is 7.70. The Kier molecular flexibility index (Phi) is 8.32. The van der Waals surface area contributed by atoms with Gasteiger partial charge in [-0.1, -0.05) is 47.5 Å². The first-order valence-electron chi connectivity index (χ1n) is 11.3. The van der Waals surface area contributed by atoms with Crippen LogP contribution in [0.15, 0.2) is 71.6 Å². The van der Waals surface area contributed by atoms with E-state index in [4.69, 9.17) is 33.2 Å². The van der Waals surface area contributed by atoms with Crippen LogP contribution < -0.4 is 9.57 Å². The molecule has 3 aromatic rings. The molecular weight excluding hydrogens is 505 g/mol. The number of sulfonamides is 1. The SMILES string of the molecule is N#Cc1ccc(-c2ccc(OCCC[C@@H]3CCN(NS(=O)(=O)c4cc(Cl)cc(Cl)c4)C3)cc2)cc1. The second kappa shape index (κ2) is 11.4. The molecule has 1 aliphatic heterocycles. The van der Waals surface area contributed by atoms with Crippen LogP contribution in [0.2, 0.25) is 10.0 Å². The Labute approximate surface area is 216 Å². The van der Waals surface area contributed by atoms with Gasteiger partial charge in [-0.05, 0) is 78.8 Å². The lowest BCUT2D eigenvalue weighted by Crippen LogP contribution is -2.40. The molecule has 0 radical (unpaired) electrons. The molecule has 3 aromatic carbocycles. The number of ether oxygens (including phenoxy) is 1. The van der Waals surface area contributed by atoms with Gasteiger partial charge in [0.2, 0.25) is 0 Å².